The van der Waals surface area contributed by atoms with Crippen molar-refractivity contribution < 1.29 is 9.26 Å². The third-order valence-corrected chi connectivity index (χ3v) is 5.06. The summed E-state index contributed by atoms with van der Waals surface area (Å²) in [5, 5.41) is 5.16. The Morgan fingerprint density at radius 3 is 2.78 bits per heavy atom. The summed E-state index contributed by atoms with van der Waals surface area (Å²) in [6, 6.07) is 5.70. The van der Waals surface area contributed by atoms with Crippen LogP contribution in [0.15, 0.2) is 22.7 Å². The lowest BCUT2D eigenvalue weighted by molar-refractivity contribution is -0.0295. The second kappa shape index (κ2) is 7.22. The standard InChI is InChI=1S/C17H20Cl2N2O2/c1-11-14(12(2)23-20-11)5-6-21-7-8-22-17(10-21)13-3-4-15(18)16(19)9-13/h3-4,9,17H,5-8,10H2,1-2H3/t17-/m1/s1. The molecule has 1 fully saturated rings. The minimum atomic E-state index is 0.0307. The highest BCUT2D eigenvalue weighted by Gasteiger charge is 2.23. The van der Waals surface area contributed by atoms with Crippen LogP contribution in [0, 0.1) is 13.8 Å². The molecular formula is C17H20Cl2N2O2. The first kappa shape index (κ1) is 16.8. The molecule has 3 rings (SSSR count). The van der Waals surface area contributed by atoms with E-state index in [-0.39, 0.29) is 6.10 Å². The molecule has 1 saturated heterocycles. The molecule has 0 bridgehead atoms. The Hall–Kier alpha value is -1.07. The van der Waals surface area contributed by atoms with E-state index in [1.54, 1.807) is 0 Å². The maximum absolute atomic E-state index is 6.11. The molecule has 0 aliphatic carbocycles. The lowest BCUT2D eigenvalue weighted by Crippen LogP contribution is -2.39. The number of morpholine rings is 1. The summed E-state index contributed by atoms with van der Waals surface area (Å²) in [5.74, 6) is 0.914. The van der Waals surface area contributed by atoms with Crippen molar-refractivity contribution in [1.82, 2.24) is 10.1 Å². The van der Waals surface area contributed by atoms with Gasteiger partial charge in [-0.1, -0.05) is 34.4 Å². The Bertz CT molecular complexity index is 668. The summed E-state index contributed by atoms with van der Waals surface area (Å²) < 4.78 is 11.1. The van der Waals surface area contributed by atoms with Crippen molar-refractivity contribution in [3.63, 3.8) is 0 Å². The summed E-state index contributed by atoms with van der Waals surface area (Å²) in [7, 11) is 0. The van der Waals surface area contributed by atoms with Crippen molar-refractivity contribution in [2.75, 3.05) is 26.2 Å². The number of hydrogen-bond acceptors (Lipinski definition) is 4. The molecule has 0 unspecified atom stereocenters. The molecule has 1 aromatic carbocycles. The molecule has 4 nitrogen and oxygen atoms in total. The van der Waals surface area contributed by atoms with E-state index in [1.165, 1.54) is 5.56 Å². The van der Waals surface area contributed by atoms with Gasteiger partial charge in [-0.3, -0.25) is 4.90 Å². The van der Waals surface area contributed by atoms with Gasteiger partial charge in [0.15, 0.2) is 0 Å². The van der Waals surface area contributed by atoms with Crippen LogP contribution in [0.1, 0.15) is 28.7 Å². The van der Waals surface area contributed by atoms with E-state index in [1.807, 2.05) is 32.0 Å². The van der Waals surface area contributed by atoms with Gasteiger partial charge in [-0.05, 0) is 38.0 Å². The summed E-state index contributed by atoms with van der Waals surface area (Å²) >= 11 is 12.1. The Labute approximate surface area is 146 Å². The first-order chi connectivity index (χ1) is 11.0. The third kappa shape index (κ3) is 3.89. The topological polar surface area (TPSA) is 38.5 Å². The van der Waals surface area contributed by atoms with Crippen LogP contribution in [-0.4, -0.2) is 36.3 Å². The molecule has 1 aromatic heterocycles. The zero-order chi connectivity index (χ0) is 16.4. The highest BCUT2D eigenvalue weighted by atomic mass is 35.5. The Morgan fingerprint density at radius 2 is 2.09 bits per heavy atom. The fraction of sp³-hybridized carbons (Fsp3) is 0.471. The third-order valence-electron chi connectivity index (χ3n) is 4.33. The summed E-state index contributed by atoms with van der Waals surface area (Å²) in [6.07, 6.45) is 0.970. The molecule has 2 heterocycles. The molecule has 124 valence electrons. The van der Waals surface area contributed by atoms with Gasteiger partial charge in [-0.15, -0.1) is 0 Å². The maximum atomic E-state index is 6.11. The summed E-state index contributed by atoms with van der Waals surface area (Å²) in [5.41, 5.74) is 3.26. The lowest BCUT2D eigenvalue weighted by Gasteiger charge is -2.33. The molecule has 2 aromatic rings. The van der Waals surface area contributed by atoms with E-state index in [0.717, 1.165) is 43.1 Å². The zero-order valence-electron chi connectivity index (χ0n) is 13.3. The fourth-order valence-corrected chi connectivity index (χ4v) is 3.26. The Kier molecular flexibility index (Phi) is 5.27. The van der Waals surface area contributed by atoms with Crippen LogP contribution in [0.25, 0.3) is 0 Å². The molecule has 0 radical (unpaired) electrons. The average molecular weight is 355 g/mol. The fourth-order valence-electron chi connectivity index (χ4n) is 2.95. The van der Waals surface area contributed by atoms with Gasteiger partial charge in [0.25, 0.3) is 0 Å². The van der Waals surface area contributed by atoms with Gasteiger partial charge >= 0.3 is 0 Å². The van der Waals surface area contributed by atoms with E-state index in [2.05, 4.69) is 10.1 Å². The molecule has 1 aliphatic heterocycles. The quantitative estimate of drug-likeness (QED) is 0.823. The van der Waals surface area contributed by atoms with Crippen LogP contribution in [-0.2, 0) is 11.2 Å². The maximum Gasteiger partial charge on any atom is 0.137 e. The van der Waals surface area contributed by atoms with Gasteiger partial charge in [0.2, 0.25) is 0 Å². The van der Waals surface area contributed by atoms with Crippen molar-refractivity contribution in [1.29, 1.82) is 0 Å². The summed E-state index contributed by atoms with van der Waals surface area (Å²) in [4.78, 5) is 2.41. The van der Waals surface area contributed by atoms with Gasteiger partial charge < -0.3 is 9.26 Å². The molecule has 1 aliphatic rings. The van der Waals surface area contributed by atoms with Gasteiger partial charge in [0.05, 0.1) is 28.5 Å². The number of aromatic nitrogens is 1. The predicted octanol–water partition coefficient (Wildman–Crippen LogP) is 4.21. The molecule has 0 spiro atoms. The van der Waals surface area contributed by atoms with Gasteiger partial charge in [0, 0.05) is 25.2 Å². The predicted molar refractivity (Wildman–Crippen MR) is 91.3 cm³/mol. The molecular weight excluding hydrogens is 335 g/mol. The minimum Gasteiger partial charge on any atom is -0.371 e. The van der Waals surface area contributed by atoms with Crippen molar-refractivity contribution >= 4 is 23.2 Å². The first-order valence-corrected chi connectivity index (χ1v) is 8.51. The van der Waals surface area contributed by atoms with Gasteiger partial charge in [-0.25, -0.2) is 0 Å². The van der Waals surface area contributed by atoms with Crippen molar-refractivity contribution in [2.24, 2.45) is 0 Å². The van der Waals surface area contributed by atoms with E-state index in [4.69, 9.17) is 32.5 Å². The van der Waals surface area contributed by atoms with Crippen LogP contribution in [0.3, 0.4) is 0 Å². The number of halogens is 2. The SMILES string of the molecule is Cc1noc(C)c1CCN1CCO[C@@H](c2ccc(Cl)c(Cl)c2)C1. The smallest absolute Gasteiger partial charge is 0.137 e. The number of benzene rings is 1. The van der Waals surface area contributed by atoms with E-state index < -0.39 is 0 Å². The lowest BCUT2D eigenvalue weighted by atomic mass is 10.1. The Balaban J connectivity index is 1.63. The van der Waals surface area contributed by atoms with E-state index in [9.17, 15) is 0 Å². The van der Waals surface area contributed by atoms with E-state index in [0.29, 0.717) is 16.7 Å². The number of ether oxygens (including phenoxy) is 1. The van der Waals surface area contributed by atoms with Crippen LogP contribution in [0.4, 0.5) is 0 Å². The highest BCUT2D eigenvalue weighted by Crippen LogP contribution is 2.29. The molecule has 1 atom stereocenters. The largest absolute Gasteiger partial charge is 0.371 e. The number of aryl methyl sites for hydroxylation is 2. The van der Waals surface area contributed by atoms with Crippen molar-refractivity contribution in [3.05, 3.63) is 50.8 Å². The van der Waals surface area contributed by atoms with Crippen LogP contribution >= 0.6 is 23.2 Å². The summed E-state index contributed by atoms with van der Waals surface area (Å²) in [6.45, 7) is 7.41. The molecule has 0 N–H and O–H groups in total. The van der Waals surface area contributed by atoms with E-state index >= 15 is 0 Å². The highest BCUT2D eigenvalue weighted by molar-refractivity contribution is 6.42. The van der Waals surface area contributed by atoms with Crippen molar-refractivity contribution in [3.8, 4) is 0 Å². The molecule has 23 heavy (non-hydrogen) atoms. The number of rotatable bonds is 4. The first-order valence-electron chi connectivity index (χ1n) is 7.75. The molecule has 6 heteroatoms. The van der Waals surface area contributed by atoms with Crippen LogP contribution < -0.4 is 0 Å². The second-order valence-corrected chi connectivity index (χ2v) is 6.70. The van der Waals surface area contributed by atoms with Crippen LogP contribution in [0.2, 0.25) is 10.0 Å². The van der Waals surface area contributed by atoms with Gasteiger partial charge in [0.1, 0.15) is 5.76 Å². The Morgan fingerprint density at radius 1 is 1.26 bits per heavy atom. The van der Waals surface area contributed by atoms with Crippen molar-refractivity contribution in [2.45, 2.75) is 26.4 Å². The van der Waals surface area contributed by atoms with Gasteiger partial charge in [-0.2, -0.15) is 0 Å². The minimum absolute atomic E-state index is 0.0307. The monoisotopic (exact) mass is 354 g/mol. The molecule has 0 saturated carbocycles. The number of nitrogens with zero attached hydrogens (tertiary/aromatic N) is 2. The normalized spacial score (nSPS) is 19.2. The number of hydrogen-bond donors (Lipinski definition) is 0. The molecule has 0 amide bonds. The van der Waals surface area contributed by atoms with Crippen LogP contribution in [0.5, 0.6) is 0 Å². The average Bonchev–Trinajstić information content (AvgIpc) is 2.87. The zero-order valence-corrected chi connectivity index (χ0v) is 14.8. The second-order valence-electron chi connectivity index (χ2n) is 5.89.